The Bertz CT molecular complexity index is 2590. The Morgan fingerprint density at radius 1 is 0.340 bits per heavy atom. The van der Waals surface area contributed by atoms with Gasteiger partial charge in [-0.3, -0.25) is 0 Å². The zero-order valence-electron chi connectivity index (χ0n) is 27.9. The van der Waals surface area contributed by atoms with Crippen molar-refractivity contribution in [2.45, 2.75) is 12.3 Å². The molecule has 50 heavy (non-hydrogen) atoms. The molecule has 0 atom stereocenters. The van der Waals surface area contributed by atoms with E-state index in [4.69, 9.17) is 0 Å². The molecule has 0 unspecified atom stereocenters. The Kier molecular flexibility index (Phi) is 6.41. The van der Waals surface area contributed by atoms with Gasteiger partial charge in [0.25, 0.3) is 0 Å². The summed E-state index contributed by atoms with van der Waals surface area (Å²) < 4.78 is 0. The first kappa shape index (κ1) is 28.7. The molecule has 0 bridgehead atoms. The summed E-state index contributed by atoms with van der Waals surface area (Å²) in [5, 5.41) is 2.55. The van der Waals surface area contributed by atoms with E-state index in [1.54, 1.807) is 0 Å². The molecule has 0 radical (unpaired) electrons. The van der Waals surface area contributed by atoms with E-state index in [9.17, 15) is 0 Å². The minimum Gasteiger partial charge on any atom is -0.0871 e. The number of fused-ring (bicyclic) bond motifs is 11. The van der Waals surface area contributed by atoms with E-state index in [-0.39, 0.29) is 5.41 Å². The van der Waals surface area contributed by atoms with Gasteiger partial charge >= 0.3 is 0 Å². The van der Waals surface area contributed by atoms with Gasteiger partial charge < -0.3 is 0 Å². The highest BCUT2D eigenvalue weighted by Crippen LogP contribution is 2.63. The molecule has 234 valence electrons. The van der Waals surface area contributed by atoms with Crippen molar-refractivity contribution in [1.29, 1.82) is 0 Å². The van der Waals surface area contributed by atoms with Crippen molar-refractivity contribution < 1.29 is 0 Å². The molecular formula is C50H34. The maximum absolute atomic E-state index is 2.54. The van der Waals surface area contributed by atoms with Gasteiger partial charge in [0.15, 0.2) is 0 Å². The van der Waals surface area contributed by atoms with Gasteiger partial charge in [-0.15, -0.1) is 0 Å². The Hall–Kier alpha value is -6.24. The van der Waals surface area contributed by atoms with Gasteiger partial charge in [-0.05, 0) is 119 Å². The normalized spacial score (nSPS) is 13.4. The summed E-state index contributed by atoms with van der Waals surface area (Å²) in [7, 11) is 0. The summed E-state index contributed by atoms with van der Waals surface area (Å²) in [5.74, 6) is 0. The monoisotopic (exact) mass is 634 g/mol. The van der Waals surface area contributed by atoms with Crippen molar-refractivity contribution in [1.82, 2.24) is 0 Å². The standard InChI is InChI=1S/C50H34/c1-2-13-33-24-26-35(27-25-33)38-28-29-39(37-17-12-16-36(30-37)34-14-4-3-5-15-34)43-31-45-42-20-8-11-23-48(42)50(49(45)32-44(38)43)46-21-9-6-18-40(46)41-19-7-10-22-47(41)50/h2-32H,1H3/b13-2+. The maximum atomic E-state index is 2.54. The van der Waals surface area contributed by atoms with E-state index in [1.165, 1.54) is 94.2 Å². The first-order valence-corrected chi connectivity index (χ1v) is 17.6. The van der Waals surface area contributed by atoms with Gasteiger partial charge in [0.05, 0.1) is 5.41 Å². The van der Waals surface area contributed by atoms with Crippen LogP contribution in [0.5, 0.6) is 0 Å². The molecular weight excluding hydrogens is 601 g/mol. The molecule has 0 N–H and O–H groups in total. The third kappa shape index (κ3) is 4.06. The molecule has 0 heterocycles. The molecule has 0 aromatic heterocycles. The lowest BCUT2D eigenvalue weighted by atomic mass is 9.70. The summed E-state index contributed by atoms with van der Waals surface area (Å²) in [6.07, 6.45) is 4.26. The highest BCUT2D eigenvalue weighted by Gasteiger charge is 2.51. The average molecular weight is 635 g/mol. The van der Waals surface area contributed by atoms with E-state index in [0.717, 1.165) is 0 Å². The molecule has 0 saturated heterocycles. The molecule has 1 spiro atoms. The molecule has 0 aliphatic heterocycles. The SMILES string of the molecule is C/C=C/c1ccc(-c2ccc(-c3cccc(-c4ccccc4)c3)c3cc4c(cc23)C2(c3ccccc3-c3ccccc32)c2ccccc2-4)cc1. The first-order valence-electron chi connectivity index (χ1n) is 17.6. The van der Waals surface area contributed by atoms with Crippen LogP contribution in [0, 0.1) is 0 Å². The second kappa shape index (κ2) is 11.2. The van der Waals surface area contributed by atoms with Crippen LogP contribution < -0.4 is 0 Å². The van der Waals surface area contributed by atoms with Crippen LogP contribution in [0.15, 0.2) is 182 Å². The molecule has 0 amide bonds. The quantitative estimate of drug-likeness (QED) is 0.181. The fraction of sp³-hybridized carbons (Fsp3) is 0.0400. The van der Waals surface area contributed by atoms with Crippen LogP contribution in [0.3, 0.4) is 0 Å². The van der Waals surface area contributed by atoms with Gasteiger partial charge in [0.1, 0.15) is 0 Å². The van der Waals surface area contributed by atoms with Crippen LogP contribution in [-0.2, 0) is 5.41 Å². The molecule has 2 aliphatic carbocycles. The number of hydrogen-bond donors (Lipinski definition) is 0. The fourth-order valence-corrected chi connectivity index (χ4v) is 8.90. The molecule has 8 aromatic carbocycles. The second-order valence-corrected chi connectivity index (χ2v) is 13.6. The predicted octanol–water partition coefficient (Wildman–Crippen LogP) is 13.2. The smallest absolute Gasteiger partial charge is 0.0725 e. The first-order chi connectivity index (χ1) is 24.8. The zero-order valence-corrected chi connectivity index (χ0v) is 27.9. The third-order valence-corrected chi connectivity index (χ3v) is 11.0. The van der Waals surface area contributed by atoms with Crippen LogP contribution >= 0.6 is 0 Å². The van der Waals surface area contributed by atoms with Crippen molar-refractivity contribution in [2.24, 2.45) is 0 Å². The van der Waals surface area contributed by atoms with Crippen LogP contribution in [0.2, 0.25) is 0 Å². The minimum absolute atomic E-state index is 0.385. The summed E-state index contributed by atoms with van der Waals surface area (Å²) in [6, 6.07) is 65.7. The molecule has 0 fully saturated rings. The van der Waals surface area contributed by atoms with Crippen LogP contribution in [0.25, 0.3) is 72.5 Å². The summed E-state index contributed by atoms with van der Waals surface area (Å²) in [5.41, 5.74) is 19.0. The number of allylic oxidation sites excluding steroid dienone is 1. The zero-order chi connectivity index (χ0) is 33.2. The van der Waals surface area contributed by atoms with E-state index < -0.39 is 0 Å². The van der Waals surface area contributed by atoms with Gasteiger partial charge in [0, 0.05) is 0 Å². The van der Waals surface area contributed by atoms with E-state index in [2.05, 4.69) is 195 Å². The molecule has 8 aromatic rings. The van der Waals surface area contributed by atoms with E-state index >= 15 is 0 Å². The highest BCUT2D eigenvalue weighted by atomic mass is 14.5. The Morgan fingerprint density at radius 3 is 1.50 bits per heavy atom. The predicted molar refractivity (Wildman–Crippen MR) is 211 cm³/mol. The summed E-state index contributed by atoms with van der Waals surface area (Å²) in [6.45, 7) is 2.07. The summed E-state index contributed by atoms with van der Waals surface area (Å²) >= 11 is 0. The van der Waals surface area contributed by atoms with Crippen molar-refractivity contribution in [3.63, 3.8) is 0 Å². The number of benzene rings is 8. The second-order valence-electron chi connectivity index (χ2n) is 13.6. The Morgan fingerprint density at radius 2 is 0.860 bits per heavy atom. The molecule has 10 rings (SSSR count). The van der Waals surface area contributed by atoms with E-state index in [1.807, 2.05) is 0 Å². The lowest BCUT2D eigenvalue weighted by Crippen LogP contribution is -2.25. The van der Waals surface area contributed by atoms with Crippen molar-refractivity contribution in [3.8, 4) is 55.6 Å². The fourth-order valence-electron chi connectivity index (χ4n) is 8.90. The van der Waals surface area contributed by atoms with Gasteiger partial charge in [-0.2, -0.15) is 0 Å². The summed E-state index contributed by atoms with van der Waals surface area (Å²) in [4.78, 5) is 0. The minimum atomic E-state index is -0.385. The lowest BCUT2D eigenvalue weighted by Gasteiger charge is -2.30. The van der Waals surface area contributed by atoms with Crippen molar-refractivity contribution >= 4 is 16.8 Å². The van der Waals surface area contributed by atoms with Crippen LogP contribution in [-0.4, -0.2) is 0 Å². The van der Waals surface area contributed by atoms with Gasteiger partial charge in [0.2, 0.25) is 0 Å². The molecule has 2 aliphatic rings. The lowest BCUT2D eigenvalue weighted by molar-refractivity contribution is 0.795. The Labute approximate surface area is 293 Å². The molecule has 0 nitrogen and oxygen atoms in total. The maximum Gasteiger partial charge on any atom is 0.0725 e. The topological polar surface area (TPSA) is 0 Å². The van der Waals surface area contributed by atoms with Crippen molar-refractivity contribution in [3.05, 3.63) is 210 Å². The van der Waals surface area contributed by atoms with Crippen LogP contribution in [0.1, 0.15) is 34.7 Å². The van der Waals surface area contributed by atoms with E-state index in [0.29, 0.717) is 0 Å². The highest BCUT2D eigenvalue weighted by molar-refractivity contribution is 6.09. The largest absolute Gasteiger partial charge is 0.0871 e. The third-order valence-electron chi connectivity index (χ3n) is 11.0. The van der Waals surface area contributed by atoms with Gasteiger partial charge in [-0.25, -0.2) is 0 Å². The number of rotatable bonds is 4. The number of hydrogen-bond acceptors (Lipinski definition) is 0. The van der Waals surface area contributed by atoms with Gasteiger partial charge in [-0.1, -0.05) is 170 Å². The average Bonchev–Trinajstić information content (AvgIpc) is 3.64. The van der Waals surface area contributed by atoms with Crippen molar-refractivity contribution in [2.75, 3.05) is 0 Å². The molecule has 0 heteroatoms. The molecule has 0 saturated carbocycles. The Balaban J connectivity index is 1.30. The van der Waals surface area contributed by atoms with Crippen LogP contribution in [0.4, 0.5) is 0 Å².